The van der Waals surface area contributed by atoms with Gasteiger partial charge < -0.3 is 15.2 Å². The van der Waals surface area contributed by atoms with Gasteiger partial charge in [-0.1, -0.05) is 36.8 Å². The highest BCUT2D eigenvalue weighted by Crippen LogP contribution is 2.14. The van der Waals surface area contributed by atoms with E-state index in [-0.39, 0.29) is 0 Å². The lowest BCUT2D eigenvalue weighted by atomic mass is 10.1. The number of aliphatic imine (C=N–C) groups is 1. The topological polar surface area (TPSA) is 67.1 Å². The van der Waals surface area contributed by atoms with Gasteiger partial charge in [-0.15, -0.1) is 10.2 Å². The van der Waals surface area contributed by atoms with Gasteiger partial charge in [-0.25, -0.2) is 0 Å². The molecular formula is C20H30N6. The molecule has 0 radical (unpaired) electrons. The van der Waals surface area contributed by atoms with Gasteiger partial charge in [0.25, 0.3) is 0 Å². The Bertz CT molecular complexity index is 706. The standard InChI is InChI=1S/C20H30N6/c1-16(12-13-17-9-5-3-6-10-17)23-20(21-2)22-15-19-25-24-18-11-7-4-8-14-26(18)19/h3,5-6,9-10,16H,4,7-8,11-15H2,1-2H3,(H2,21,22,23). The van der Waals surface area contributed by atoms with Gasteiger partial charge in [-0.2, -0.15) is 0 Å². The molecule has 26 heavy (non-hydrogen) atoms. The molecule has 1 aromatic carbocycles. The summed E-state index contributed by atoms with van der Waals surface area (Å²) in [6.07, 6.45) is 6.86. The number of aryl methyl sites for hydroxylation is 2. The number of hydrogen-bond donors (Lipinski definition) is 2. The third-order valence-electron chi connectivity index (χ3n) is 4.92. The van der Waals surface area contributed by atoms with Crippen molar-refractivity contribution in [3.63, 3.8) is 0 Å². The number of fused-ring (bicyclic) bond motifs is 1. The first kappa shape index (κ1) is 18.4. The second kappa shape index (κ2) is 9.36. The van der Waals surface area contributed by atoms with Gasteiger partial charge in [0.15, 0.2) is 11.8 Å². The Balaban J connectivity index is 1.48. The van der Waals surface area contributed by atoms with Gasteiger partial charge in [0, 0.05) is 26.1 Å². The number of nitrogens with zero attached hydrogens (tertiary/aromatic N) is 4. The minimum Gasteiger partial charge on any atom is -0.354 e. The van der Waals surface area contributed by atoms with Gasteiger partial charge in [-0.3, -0.25) is 4.99 Å². The molecule has 6 nitrogen and oxygen atoms in total. The van der Waals surface area contributed by atoms with Crippen LogP contribution in [0.1, 0.15) is 49.8 Å². The molecule has 0 bridgehead atoms. The van der Waals surface area contributed by atoms with Crippen LogP contribution in [0.15, 0.2) is 35.3 Å². The van der Waals surface area contributed by atoms with Crippen LogP contribution < -0.4 is 10.6 Å². The van der Waals surface area contributed by atoms with Crippen molar-refractivity contribution in [1.29, 1.82) is 0 Å². The van der Waals surface area contributed by atoms with Crippen LogP contribution in [0.5, 0.6) is 0 Å². The van der Waals surface area contributed by atoms with Crippen molar-refractivity contribution in [1.82, 2.24) is 25.4 Å². The Morgan fingerprint density at radius 3 is 2.85 bits per heavy atom. The number of hydrogen-bond acceptors (Lipinski definition) is 3. The summed E-state index contributed by atoms with van der Waals surface area (Å²) in [7, 11) is 1.81. The van der Waals surface area contributed by atoms with Crippen molar-refractivity contribution in [2.45, 2.75) is 64.6 Å². The van der Waals surface area contributed by atoms with Gasteiger partial charge in [0.1, 0.15) is 5.82 Å². The average Bonchev–Trinajstić information content (AvgIpc) is 2.90. The van der Waals surface area contributed by atoms with Crippen molar-refractivity contribution in [3.8, 4) is 0 Å². The molecular weight excluding hydrogens is 324 g/mol. The van der Waals surface area contributed by atoms with Gasteiger partial charge in [-0.05, 0) is 38.2 Å². The molecule has 1 unspecified atom stereocenters. The molecule has 2 aromatic rings. The van der Waals surface area contributed by atoms with Crippen molar-refractivity contribution < 1.29 is 0 Å². The summed E-state index contributed by atoms with van der Waals surface area (Å²) in [5, 5.41) is 15.6. The Kier molecular flexibility index (Phi) is 6.63. The van der Waals surface area contributed by atoms with Crippen LogP contribution in [0.2, 0.25) is 0 Å². The highest BCUT2D eigenvalue weighted by atomic mass is 15.3. The fourth-order valence-electron chi connectivity index (χ4n) is 3.37. The van der Waals surface area contributed by atoms with E-state index in [1.807, 2.05) is 7.05 Å². The molecule has 0 fully saturated rings. The maximum absolute atomic E-state index is 4.37. The van der Waals surface area contributed by atoms with Crippen molar-refractivity contribution in [2.24, 2.45) is 4.99 Å². The van der Waals surface area contributed by atoms with Crippen LogP contribution in [0.25, 0.3) is 0 Å². The molecule has 2 N–H and O–H groups in total. The van der Waals surface area contributed by atoms with Crippen LogP contribution >= 0.6 is 0 Å². The fraction of sp³-hybridized carbons (Fsp3) is 0.550. The zero-order valence-electron chi connectivity index (χ0n) is 15.9. The van der Waals surface area contributed by atoms with E-state index in [4.69, 9.17) is 0 Å². The molecule has 0 saturated carbocycles. The number of aromatic nitrogens is 3. The van der Waals surface area contributed by atoms with E-state index in [0.29, 0.717) is 12.6 Å². The zero-order valence-corrected chi connectivity index (χ0v) is 15.9. The molecule has 140 valence electrons. The van der Waals surface area contributed by atoms with E-state index < -0.39 is 0 Å². The van der Waals surface area contributed by atoms with Crippen LogP contribution in [-0.2, 0) is 25.9 Å². The highest BCUT2D eigenvalue weighted by molar-refractivity contribution is 5.79. The van der Waals surface area contributed by atoms with E-state index in [1.165, 1.54) is 24.8 Å². The van der Waals surface area contributed by atoms with Gasteiger partial charge in [0.2, 0.25) is 0 Å². The number of guanidine groups is 1. The molecule has 6 heteroatoms. The molecule has 1 atom stereocenters. The molecule has 0 saturated heterocycles. The first-order chi connectivity index (χ1) is 12.8. The molecule has 1 aliphatic heterocycles. The van der Waals surface area contributed by atoms with Crippen LogP contribution in [0.4, 0.5) is 0 Å². The normalized spacial score (nSPS) is 15.8. The van der Waals surface area contributed by atoms with E-state index >= 15 is 0 Å². The van der Waals surface area contributed by atoms with Crippen LogP contribution in [0.3, 0.4) is 0 Å². The van der Waals surface area contributed by atoms with E-state index in [2.05, 4.69) is 67.6 Å². The molecule has 0 amide bonds. The van der Waals surface area contributed by atoms with E-state index in [0.717, 1.165) is 43.4 Å². The zero-order chi connectivity index (χ0) is 18.2. The van der Waals surface area contributed by atoms with E-state index in [9.17, 15) is 0 Å². The van der Waals surface area contributed by atoms with Crippen molar-refractivity contribution >= 4 is 5.96 Å². The summed E-state index contributed by atoms with van der Waals surface area (Å²) in [6, 6.07) is 10.9. The minimum atomic E-state index is 0.344. The lowest BCUT2D eigenvalue weighted by molar-refractivity contribution is 0.578. The first-order valence-corrected chi connectivity index (χ1v) is 9.68. The number of nitrogens with one attached hydrogen (secondary N) is 2. The number of benzene rings is 1. The van der Waals surface area contributed by atoms with Crippen LogP contribution in [-0.4, -0.2) is 33.8 Å². The SMILES string of the molecule is CN=C(NCc1nnc2n1CCCCC2)NC(C)CCc1ccccc1. The van der Waals surface area contributed by atoms with Crippen molar-refractivity contribution in [3.05, 3.63) is 47.5 Å². The predicted molar refractivity (Wildman–Crippen MR) is 105 cm³/mol. The first-order valence-electron chi connectivity index (χ1n) is 9.68. The third kappa shape index (κ3) is 5.07. The molecule has 0 aliphatic carbocycles. The lowest BCUT2D eigenvalue weighted by Gasteiger charge is -2.18. The smallest absolute Gasteiger partial charge is 0.191 e. The summed E-state index contributed by atoms with van der Waals surface area (Å²) in [5.41, 5.74) is 1.37. The minimum absolute atomic E-state index is 0.344. The third-order valence-corrected chi connectivity index (χ3v) is 4.92. The fourth-order valence-corrected chi connectivity index (χ4v) is 3.37. The quantitative estimate of drug-likeness (QED) is 0.618. The Morgan fingerprint density at radius 1 is 1.19 bits per heavy atom. The summed E-state index contributed by atoms with van der Waals surface area (Å²) >= 11 is 0. The maximum atomic E-state index is 4.37. The maximum Gasteiger partial charge on any atom is 0.191 e. The molecule has 3 rings (SSSR count). The molecule has 0 spiro atoms. The average molecular weight is 355 g/mol. The molecule has 1 aliphatic rings. The monoisotopic (exact) mass is 354 g/mol. The summed E-state index contributed by atoms with van der Waals surface area (Å²) in [5.74, 6) is 2.94. The second-order valence-electron chi connectivity index (χ2n) is 6.99. The number of rotatable bonds is 6. The van der Waals surface area contributed by atoms with Gasteiger partial charge in [0.05, 0.1) is 6.54 Å². The highest BCUT2D eigenvalue weighted by Gasteiger charge is 2.15. The second-order valence-corrected chi connectivity index (χ2v) is 6.99. The summed E-state index contributed by atoms with van der Waals surface area (Å²) < 4.78 is 2.27. The Morgan fingerprint density at radius 2 is 2.04 bits per heavy atom. The Labute approximate surface area is 156 Å². The van der Waals surface area contributed by atoms with Crippen molar-refractivity contribution in [2.75, 3.05) is 7.05 Å². The predicted octanol–water partition coefficient (Wildman–Crippen LogP) is 2.69. The Hall–Kier alpha value is -2.37. The molecule has 1 aromatic heterocycles. The largest absolute Gasteiger partial charge is 0.354 e. The van der Waals surface area contributed by atoms with Crippen LogP contribution in [0, 0.1) is 0 Å². The summed E-state index contributed by atoms with van der Waals surface area (Å²) in [4.78, 5) is 4.35. The van der Waals surface area contributed by atoms with Gasteiger partial charge >= 0.3 is 0 Å². The van der Waals surface area contributed by atoms with E-state index in [1.54, 1.807) is 0 Å². The molecule has 2 heterocycles. The summed E-state index contributed by atoms with van der Waals surface area (Å²) in [6.45, 7) is 3.87. The lowest BCUT2D eigenvalue weighted by Crippen LogP contribution is -2.42.